The molecule has 0 saturated heterocycles. The Hall–Kier alpha value is -0.890. The van der Waals surface area contributed by atoms with E-state index in [0.29, 0.717) is 17.6 Å². The molecule has 1 unspecified atom stereocenters. The van der Waals surface area contributed by atoms with Crippen LogP contribution in [0.5, 0.6) is 0 Å². The second-order valence-corrected chi connectivity index (χ2v) is 8.15. The van der Waals surface area contributed by atoms with E-state index in [4.69, 9.17) is 0 Å². The predicted octanol–water partition coefficient (Wildman–Crippen LogP) is 3.80. The summed E-state index contributed by atoms with van der Waals surface area (Å²) in [6.07, 6.45) is 11.4. The van der Waals surface area contributed by atoms with Gasteiger partial charge in [-0.1, -0.05) is 37.1 Å². The maximum absolute atomic E-state index is 12.3. The van der Waals surface area contributed by atoms with Crippen LogP contribution >= 0.6 is 0 Å². The monoisotopic (exact) mass is 286 g/mol. The Morgan fingerprint density at radius 3 is 2.86 bits per heavy atom. The van der Waals surface area contributed by atoms with Gasteiger partial charge in [0.2, 0.25) is 0 Å². The van der Waals surface area contributed by atoms with E-state index in [2.05, 4.69) is 26.0 Å². The van der Waals surface area contributed by atoms with Gasteiger partial charge in [0.05, 0.1) is 6.10 Å². The molecule has 0 aromatic carbocycles. The van der Waals surface area contributed by atoms with Crippen molar-refractivity contribution in [3.05, 3.63) is 23.3 Å². The summed E-state index contributed by atoms with van der Waals surface area (Å²) >= 11 is 0. The third kappa shape index (κ3) is 1.72. The minimum absolute atomic E-state index is 0.0932. The Morgan fingerprint density at radius 1 is 1.24 bits per heavy atom. The van der Waals surface area contributed by atoms with Gasteiger partial charge in [0.1, 0.15) is 5.78 Å². The number of aliphatic hydroxyl groups excluding tert-OH is 1. The molecule has 2 nitrogen and oxygen atoms in total. The molecule has 114 valence electrons. The zero-order chi connectivity index (χ0) is 14.8. The summed E-state index contributed by atoms with van der Waals surface area (Å²) in [6, 6.07) is 0. The molecule has 21 heavy (non-hydrogen) atoms. The van der Waals surface area contributed by atoms with Gasteiger partial charge in [-0.2, -0.15) is 0 Å². The number of rotatable bonds is 0. The third-order valence-electron chi connectivity index (χ3n) is 7.17. The van der Waals surface area contributed by atoms with Crippen molar-refractivity contribution < 1.29 is 9.90 Å². The maximum atomic E-state index is 12.3. The second-order valence-electron chi connectivity index (χ2n) is 8.15. The van der Waals surface area contributed by atoms with E-state index in [-0.39, 0.29) is 16.9 Å². The van der Waals surface area contributed by atoms with E-state index in [9.17, 15) is 9.90 Å². The molecule has 0 aromatic heterocycles. The summed E-state index contributed by atoms with van der Waals surface area (Å²) in [5, 5.41) is 9.98. The fraction of sp³-hybridized carbons (Fsp3) is 0.737. The Kier molecular flexibility index (Phi) is 2.83. The van der Waals surface area contributed by atoms with E-state index in [1.165, 1.54) is 5.57 Å². The first-order valence-electron chi connectivity index (χ1n) is 8.56. The van der Waals surface area contributed by atoms with Crippen LogP contribution in [0.15, 0.2) is 23.3 Å². The Bertz CT molecular complexity index is 558. The number of carbonyl (C=O) groups is 1. The molecule has 4 rings (SSSR count). The lowest BCUT2D eigenvalue weighted by Gasteiger charge is -2.52. The molecular formula is C19H26O2. The van der Waals surface area contributed by atoms with Gasteiger partial charge in [-0.25, -0.2) is 0 Å². The minimum atomic E-state index is -0.150. The van der Waals surface area contributed by atoms with E-state index < -0.39 is 0 Å². The molecule has 2 heteroatoms. The lowest BCUT2D eigenvalue weighted by atomic mass is 9.52. The summed E-state index contributed by atoms with van der Waals surface area (Å²) in [5.74, 6) is 1.60. The molecule has 0 bridgehead atoms. The zero-order valence-electron chi connectivity index (χ0n) is 13.2. The molecule has 0 spiro atoms. The first kappa shape index (κ1) is 13.8. The van der Waals surface area contributed by atoms with Crippen LogP contribution in [0.2, 0.25) is 0 Å². The minimum Gasteiger partial charge on any atom is -0.393 e. The van der Waals surface area contributed by atoms with E-state index >= 15 is 0 Å². The third-order valence-corrected chi connectivity index (χ3v) is 7.17. The number of Topliss-reactive ketones (excluding diaryl/α,β-unsaturated/α-hetero) is 1. The number of hydrogen-bond donors (Lipinski definition) is 1. The lowest BCUT2D eigenvalue weighted by molar-refractivity contribution is -0.127. The van der Waals surface area contributed by atoms with Crippen molar-refractivity contribution in [3.63, 3.8) is 0 Å². The number of carbonyl (C=O) groups excluding carboxylic acids is 1. The van der Waals surface area contributed by atoms with Crippen molar-refractivity contribution in [3.8, 4) is 0 Å². The normalized spacial score (nSPS) is 48.9. The van der Waals surface area contributed by atoms with E-state index in [1.54, 1.807) is 5.57 Å². The van der Waals surface area contributed by atoms with Crippen molar-refractivity contribution in [1.82, 2.24) is 0 Å². The van der Waals surface area contributed by atoms with E-state index in [0.717, 1.165) is 44.9 Å². The molecule has 0 aliphatic heterocycles. The summed E-state index contributed by atoms with van der Waals surface area (Å²) in [4.78, 5) is 12.3. The van der Waals surface area contributed by atoms with Crippen LogP contribution in [0, 0.1) is 22.7 Å². The van der Waals surface area contributed by atoms with Gasteiger partial charge in [0, 0.05) is 17.3 Å². The quantitative estimate of drug-likeness (QED) is 0.688. The van der Waals surface area contributed by atoms with Crippen LogP contribution in [0.3, 0.4) is 0 Å². The zero-order valence-corrected chi connectivity index (χ0v) is 13.2. The smallest absolute Gasteiger partial charge is 0.139 e. The SMILES string of the molecule is C[C@]12CCC(O)CC1=CC[C@@H]1C2=CC[C@]2(C)C(=O)CC[C@@H]12. The summed E-state index contributed by atoms with van der Waals surface area (Å²) in [7, 11) is 0. The first-order valence-corrected chi connectivity index (χ1v) is 8.56. The van der Waals surface area contributed by atoms with Gasteiger partial charge >= 0.3 is 0 Å². The van der Waals surface area contributed by atoms with Crippen LogP contribution < -0.4 is 0 Å². The van der Waals surface area contributed by atoms with Crippen LogP contribution in [0.4, 0.5) is 0 Å². The molecule has 0 amide bonds. The summed E-state index contributed by atoms with van der Waals surface area (Å²) in [5.41, 5.74) is 3.12. The van der Waals surface area contributed by atoms with Crippen LogP contribution in [0.1, 0.15) is 58.8 Å². The predicted molar refractivity (Wildman–Crippen MR) is 82.7 cm³/mol. The number of ketones is 1. The van der Waals surface area contributed by atoms with Gasteiger partial charge in [0.25, 0.3) is 0 Å². The highest BCUT2D eigenvalue weighted by Crippen LogP contribution is 2.61. The Labute approximate surface area is 127 Å². The van der Waals surface area contributed by atoms with Crippen LogP contribution in [-0.2, 0) is 4.79 Å². The highest BCUT2D eigenvalue weighted by Gasteiger charge is 2.55. The molecule has 2 fully saturated rings. The molecule has 0 heterocycles. The average molecular weight is 286 g/mol. The molecule has 0 radical (unpaired) electrons. The highest BCUT2D eigenvalue weighted by molar-refractivity contribution is 5.87. The number of aliphatic hydroxyl groups is 1. The molecular weight excluding hydrogens is 260 g/mol. The summed E-state index contributed by atoms with van der Waals surface area (Å²) in [6.45, 7) is 4.58. The van der Waals surface area contributed by atoms with Crippen molar-refractivity contribution in [1.29, 1.82) is 0 Å². The Morgan fingerprint density at radius 2 is 2.05 bits per heavy atom. The topological polar surface area (TPSA) is 37.3 Å². The second kappa shape index (κ2) is 4.32. The van der Waals surface area contributed by atoms with Crippen LogP contribution in [0.25, 0.3) is 0 Å². The molecule has 2 saturated carbocycles. The maximum Gasteiger partial charge on any atom is 0.139 e. The van der Waals surface area contributed by atoms with Crippen molar-refractivity contribution in [2.75, 3.05) is 0 Å². The molecule has 4 aliphatic carbocycles. The Balaban J connectivity index is 1.75. The molecule has 0 aromatic rings. The van der Waals surface area contributed by atoms with Crippen molar-refractivity contribution >= 4 is 5.78 Å². The lowest BCUT2D eigenvalue weighted by Crippen LogP contribution is -2.44. The summed E-state index contributed by atoms with van der Waals surface area (Å²) < 4.78 is 0. The van der Waals surface area contributed by atoms with E-state index in [1.807, 2.05) is 0 Å². The standard InChI is InChI=1S/C19H26O2/c1-18-9-7-13(20)11-12(18)3-4-14-15-5-6-17(21)19(15,2)10-8-16(14)18/h3,8,13-15,20H,4-7,9-11H2,1-2H3/t13?,14-,15-,18-,19-/m0/s1. The van der Waals surface area contributed by atoms with Gasteiger partial charge in [-0.05, 0) is 50.4 Å². The fourth-order valence-electron chi connectivity index (χ4n) is 5.73. The fourth-order valence-corrected chi connectivity index (χ4v) is 5.73. The van der Waals surface area contributed by atoms with Crippen molar-refractivity contribution in [2.24, 2.45) is 22.7 Å². The number of fused-ring (bicyclic) bond motifs is 5. The van der Waals surface area contributed by atoms with Crippen molar-refractivity contribution in [2.45, 2.75) is 64.9 Å². The highest BCUT2D eigenvalue weighted by atomic mass is 16.3. The van der Waals surface area contributed by atoms with Crippen LogP contribution in [-0.4, -0.2) is 17.0 Å². The van der Waals surface area contributed by atoms with Gasteiger partial charge in [-0.3, -0.25) is 4.79 Å². The van der Waals surface area contributed by atoms with Gasteiger partial charge < -0.3 is 5.11 Å². The van der Waals surface area contributed by atoms with Gasteiger partial charge in [0.15, 0.2) is 0 Å². The molecule has 5 atom stereocenters. The van der Waals surface area contributed by atoms with Gasteiger partial charge in [-0.15, -0.1) is 0 Å². The largest absolute Gasteiger partial charge is 0.393 e. The molecule has 4 aliphatic rings. The number of allylic oxidation sites excluding steroid dienone is 3. The molecule has 1 N–H and O–H groups in total. The average Bonchev–Trinajstić information content (AvgIpc) is 2.76. The number of hydrogen-bond acceptors (Lipinski definition) is 2. The first-order chi connectivity index (χ1) is 9.95.